The fourth-order valence-electron chi connectivity index (χ4n) is 2.02. The van der Waals surface area contributed by atoms with Crippen LogP contribution in [0.2, 0.25) is 0 Å². The van der Waals surface area contributed by atoms with Gasteiger partial charge in [0.25, 0.3) is 0 Å². The van der Waals surface area contributed by atoms with Crippen molar-refractivity contribution in [1.82, 2.24) is 0 Å². The van der Waals surface area contributed by atoms with Gasteiger partial charge >= 0.3 is 5.97 Å². The number of nitrogens with zero attached hydrogens (tertiary/aromatic N) is 1. The monoisotopic (exact) mass is 293 g/mol. The minimum absolute atomic E-state index is 0.0281. The molecule has 17 heavy (non-hydrogen) atoms. The molecule has 0 saturated heterocycles. The number of nitriles is 1. The van der Waals surface area contributed by atoms with E-state index in [4.69, 9.17) is 4.74 Å². The Kier molecular flexibility index (Phi) is 3.21. The molecule has 0 heterocycles. The first-order valence-electron chi connectivity index (χ1n) is 5.48. The van der Waals surface area contributed by atoms with Gasteiger partial charge in [-0.05, 0) is 31.0 Å². The van der Waals surface area contributed by atoms with Gasteiger partial charge in [0.1, 0.15) is 0 Å². The fourth-order valence-corrected chi connectivity index (χ4v) is 2.28. The molecule has 3 nitrogen and oxygen atoms in total. The minimum Gasteiger partial charge on any atom is -0.465 e. The molecule has 0 radical (unpaired) electrons. The van der Waals surface area contributed by atoms with Crippen molar-refractivity contribution < 1.29 is 9.53 Å². The largest absolute Gasteiger partial charge is 0.465 e. The maximum atomic E-state index is 11.8. The smallest absolute Gasteiger partial charge is 0.327 e. The number of carbonyl (C=O) groups is 1. The molecular weight excluding hydrogens is 282 g/mol. The molecule has 1 saturated carbocycles. The molecule has 2 atom stereocenters. The van der Waals surface area contributed by atoms with Gasteiger partial charge < -0.3 is 4.74 Å². The standard InChI is InChI=1S/C13H12BrNO2/c1-2-17-12(16)13(8-15)7-11(13)9-3-5-10(14)6-4-9/h3-6,11H,2,7H2,1H3. The summed E-state index contributed by atoms with van der Waals surface area (Å²) in [4.78, 5) is 11.8. The van der Waals surface area contributed by atoms with Gasteiger partial charge in [0.2, 0.25) is 0 Å². The summed E-state index contributed by atoms with van der Waals surface area (Å²) in [5.74, 6) is -0.421. The minimum atomic E-state index is -0.955. The highest BCUT2D eigenvalue weighted by Crippen LogP contribution is 2.59. The predicted octanol–water partition coefficient (Wildman–Crippen LogP) is 3.01. The van der Waals surface area contributed by atoms with Crippen LogP contribution in [-0.2, 0) is 9.53 Å². The molecule has 1 fully saturated rings. The zero-order chi connectivity index (χ0) is 12.5. The van der Waals surface area contributed by atoms with Crippen LogP contribution in [0.1, 0.15) is 24.8 Å². The summed E-state index contributed by atoms with van der Waals surface area (Å²) in [5, 5.41) is 9.18. The Morgan fingerprint density at radius 2 is 2.24 bits per heavy atom. The van der Waals surface area contributed by atoms with Crippen molar-refractivity contribution in [3.8, 4) is 6.07 Å². The molecule has 0 aromatic heterocycles. The zero-order valence-electron chi connectivity index (χ0n) is 9.44. The second-order valence-electron chi connectivity index (χ2n) is 4.11. The van der Waals surface area contributed by atoms with E-state index in [9.17, 15) is 10.1 Å². The first kappa shape index (κ1) is 12.1. The lowest BCUT2D eigenvalue weighted by Crippen LogP contribution is -2.19. The normalized spacial score (nSPS) is 26.1. The molecule has 1 aliphatic rings. The highest BCUT2D eigenvalue weighted by Gasteiger charge is 2.62. The topological polar surface area (TPSA) is 50.1 Å². The van der Waals surface area contributed by atoms with E-state index in [2.05, 4.69) is 22.0 Å². The number of hydrogen-bond donors (Lipinski definition) is 0. The summed E-state index contributed by atoms with van der Waals surface area (Å²) in [6.07, 6.45) is 0.559. The Morgan fingerprint density at radius 3 is 2.76 bits per heavy atom. The molecule has 0 N–H and O–H groups in total. The first-order valence-corrected chi connectivity index (χ1v) is 6.27. The molecule has 1 aliphatic carbocycles. The van der Waals surface area contributed by atoms with Gasteiger partial charge in [-0.1, -0.05) is 28.1 Å². The molecule has 0 spiro atoms. The van der Waals surface area contributed by atoms with E-state index in [1.165, 1.54) is 0 Å². The summed E-state index contributed by atoms with van der Waals surface area (Å²) in [7, 11) is 0. The van der Waals surface area contributed by atoms with E-state index in [0.29, 0.717) is 13.0 Å². The van der Waals surface area contributed by atoms with Crippen LogP contribution in [0.25, 0.3) is 0 Å². The van der Waals surface area contributed by atoms with Crippen molar-refractivity contribution in [2.24, 2.45) is 5.41 Å². The highest BCUT2D eigenvalue weighted by molar-refractivity contribution is 9.10. The third kappa shape index (κ3) is 2.07. The zero-order valence-corrected chi connectivity index (χ0v) is 11.0. The van der Waals surface area contributed by atoms with Gasteiger partial charge in [-0.3, -0.25) is 4.79 Å². The maximum Gasteiger partial charge on any atom is 0.327 e. The van der Waals surface area contributed by atoms with Crippen LogP contribution in [0.4, 0.5) is 0 Å². The molecule has 1 aromatic rings. The lowest BCUT2D eigenvalue weighted by molar-refractivity contribution is -0.147. The Bertz CT molecular complexity index is 477. The van der Waals surface area contributed by atoms with Crippen LogP contribution in [0.5, 0.6) is 0 Å². The van der Waals surface area contributed by atoms with Crippen molar-refractivity contribution in [2.45, 2.75) is 19.3 Å². The van der Waals surface area contributed by atoms with Crippen LogP contribution in [0.15, 0.2) is 28.7 Å². The number of benzene rings is 1. The van der Waals surface area contributed by atoms with E-state index in [0.717, 1.165) is 10.0 Å². The van der Waals surface area contributed by atoms with E-state index < -0.39 is 11.4 Å². The molecule has 0 amide bonds. The quantitative estimate of drug-likeness (QED) is 0.805. The van der Waals surface area contributed by atoms with Gasteiger partial charge in [0.15, 0.2) is 5.41 Å². The number of ether oxygens (including phenoxy) is 1. The Morgan fingerprint density at radius 1 is 1.59 bits per heavy atom. The third-order valence-electron chi connectivity index (χ3n) is 3.07. The van der Waals surface area contributed by atoms with Crippen LogP contribution in [0.3, 0.4) is 0 Å². The van der Waals surface area contributed by atoms with Crippen molar-refractivity contribution in [3.05, 3.63) is 34.3 Å². The Hall–Kier alpha value is -1.34. The van der Waals surface area contributed by atoms with Crippen molar-refractivity contribution >= 4 is 21.9 Å². The van der Waals surface area contributed by atoms with Gasteiger partial charge in [0.05, 0.1) is 12.7 Å². The molecule has 88 valence electrons. The second kappa shape index (κ2) is 4.50. The molecule has 0 aliphatic heterocycles. The van der Waals surface area contributed by atoms with E-state index in [-0.39, 0.29) is 5.92 Å². The Labute approximate surface area is 109 Å². The van der Waals surface area contributed by atoms with Gasteiger partial charge in [0, 0.05) is 10.4 Å². The van der Waals surface area contributed by atoms with E-state index >= 15 is 0 Å². The third-order valence-corrected chi connectivity index (χ3v) is 3.60. The van der Waals surface area contributed by atoms with Crippen LogP contribution >= 0.6 is 15.9 Å². The summed E-state index contributed by atoms with van der Waals surface area (Å²) in [5.41, 5.74) is 0.0620. The van der Waals surface area contributed by atoms with Gasteiger partial charge in [-0.25, -0.2) is 0 Å². The van der Waals surface area contributed by atoms with Crippen molar-refractivity contribution in [2.75, 3.05) is 6.61 Å². The van der Waals surface area contributed by atoms with E-state index in [1.807, 2.05) is 24.3 Å². The average Bonchev–Trinajstić information content (AvgIpc) is 3.06. The predicted molar refractivity (Wildman–Crippen MR) is 66.2 cm³/mol. The SMILES string of the molecule is CCOC(=O)C1(C#N)CC1c1ccc(Br)cc1. The number of rotatable bonds is 3. The molecule has 1 aromatic carbocycles. The summed E-state index contributed by atoms with van der Waals surface area (Å²) in [6, 6.07) is 9.82. The van der Waals surface area contributed by atoms with Gasteiger partial charge in [-0.15, -0.1) is 0 Å². The number of hydrogen-bond acceptors (Lipinski definition) is 3. The summed E-state index contributed by atoms with van der Waals surface area (Å²) in [6.45, 7) is 2.06. The molecule has 4 heteroatoms. The lowest BCUT2D eigenvalue weighted by atomic mass is 10.0. The molecule has 2 unspecified atom stereocenters. The second-order valence-corrected chi connectivity index (χ2v) is 5.03. The van der Waals surface area contributed by atoms with Crippen molar-refractivity contribution in [1.29, 1.82) is 5.26 Å². The summed E-state index contributed by atoms with van der Waals surface area (Å²) >= 11 is 3.36. The van der Waals surface area contributed by atoms with Crippen LogP contribution in [0, 0.1) is 16.7 Å². The van der Waals surface area contributed by atoms with Crippen LogP contribution in [-0.4, -0.2) is 12.6 Å². The van der Waals surface area contributed by atoms with E-state index in [1.54, 1.807) is 6.92 Å². The molecule has 0 bridgehead atoms. The van der Waals surface area contributed by atoms with Crippen molar-refractivity contribution in [3.63, 3.8) is 0 Å². The molecule has 2 rings (SSSR count). The lowest BCUT2D eigenvalue weighted by Gasteiger charge is -2.07. The number of esters is 1. The number of carbonyl (C=O) groups excluding carboxylic acids is 1. The Balaban J connectivity index is 2.19. The van der Waals surface area contributed by atoms with Crippen LogP contribution < -0.4 is 0 Å². The average molecular weight is 294 g/mol. The summed E-state index contributed by atoms with van der Waals surface area (Å²) < 4.78 is 5.95. The highest BCUT2D eigenvalue weighted by atomic mass is 79.9. The first-order chi connectivity index (χ1) is 8.14. The van der Waals surface area contributed by atoms with Gasteiger partial charge in [-0.2, -0.15) is 5.26 Å². The number of halogens is 1. The molecular formula is C13H12BrNO2. The maximum absolute atomic E-state index is 11.8. The fraction of sp³-hybridized carbons (Fsp3) is 0.385.